The maximum absolute atomic E-state index is 15.2. The van der Waals surface area contributed by atoms with Crippen LogP contribution in [0.4, 0.5) is 15.0 Å². The van der Waals surface area contributed by atoms with E-state index in [0.717, 1.165) is 25.4 Å². The predicted octanol–water partition coefficient (Wildman–Crippen LogP) is 8.25. The molecule has 5 aromatic rings. The first kappa shape index (κ1) is 26.5. The van der Waals surface area contributed by atoms with Gasteiger partial charge in [-0.25, -0.2) is 9.18 Å². The van der Waals surface area contributed by atoms with E-state index in [9.17, 15) is 14.7 Å². The van der Waals surface area contributed by atoms with Crippen LogP contribution in [0.25, 0.3) is 30.3 Å². The zero-order chi connectivity index (χ0) is 28.2. The number of hydrogen-bond acceptors (Lipinski definition) is 6. The minimum absolute atomic E-state index is 0.258. The molecule has 2 N–H and O–H groups in total. The highest BCUT2D eigenvalue weighted by molar-refractivity contribution is 7.31. The lowest BCUT2D eigenvalue weighted by atomic mass is 9.94. The van der Waals surface area contributed by atoms with E-state index in [0.29, 0.717) is 34.7 Å². The van der Waals surface area contributed by atoms with Crippen molar-refractivity contribution in [2.75, 3.05) is 5.32 Å². The quantitative estimate of drug-likeness (QED) is 0.198. The lowest BCUT2D eigenvalue weighted by molar-refractivity contribution is -0.140. The molecule has 204 valence electrons. The van der Waals surface area contributed by atoms with E-state index in [-0.39, 0.29) is 5.02 Å². The Kier molecular flexibility index (Phi) is 6.64. The summed E-state index contributed by atoms with van der Waals surface area (Å²) >= 11 is 9.36. The zero-order valence-electron chi connectivity index (χ0n) is 21.4. The van der Waals surface area contributed by atoms with Crippen molar-refractivity contribution in [1.29, 1.82) is 0 Å². The van der Waals surface area contributed by atoms with Crippen molar-refractivity contribution in [2.45, 2.75) is 31.3 Å². The van der Waals surface area contributed by atoms with E-state index in [1.54, 1.807) is 17.9 Å². The van der Waals surface area contributed by atoms with Crippen LogP contribution in [0.3, 0.4) is 0 Å². The number of carboxylic acid groups (broad SMARTS) is 1. The number of carbonyl (C=O) groups is 2. The van der Waals surface area contributed by atoms with Crippen molar-refractivity contribution < 1.29 is 23.8 Å². The van der Waals surface area contributed by atoms with Gasteiger partial charge in [0.2, 0.25) is 0 Å². The molecule has 1 unspecified atom stereocenters. The van der Waals surface area contributed by atoms with Gasteiger partial charge >= 0.3 is 12.1 Å². The van der Waals surface area contributed by atoms with E-state index < -0.39 is 29.4 Å². The first-order valence-electron chi connectivity index (χ1n) is 12.5. The molecule has 6 rings (SSSR count). The monoisotopic (exact) mass is 595 g/mol. The molecule has 11 heteroatoms. The molecule has 0 bridgehead atoms. The van der Waals surface area contributed by atoms with Crippen molar-refractivity contribution in [3.63, 3.8) is 0 Å². The highest BCUT2D eigenvalue weighted by atomic mass is 35.5. The normalized spacial score (nSPS) is 14.7. The van der Waals surface area contributed by atoms with Gasteiger partial charge in [0.15, 0.2) is 0 Å². The lowest BCUT2D eigenvalue weighted by Crippen LogP contribution is -2.20. The topological polar surface area (TPSA) is 93.4 Å². The standard InChI is InChI=1S/C29H23ClFN3O4S2/c1-15(16-6-4-3-5-7-16)38-28(37)33-26-18(14-32-34(26)2)23-13-25-24(40-23)12-22(39-25)17-10-20(30)19(11-21(17)31)29(8-9-29)27(35)36/h3-7,10-15H,8-9H2,1-2H3,(H,33,37)(H,35,36). The molecule has 40 heavy (non-hydrogen) atoms. The van der Waals surface area contributed by atoms with Gasteiger partial charge in [-0.2, -0.15) is 5.10 Å². The second-order valence-electron chi connectivity index (χ2n) is 9.76. The first-order chi connectivity index (χ1) is 19.2. The fourth-order valence-corrected chi connectivity index (χ4v) is 7.54. The smallest absolute Gasteiger partial charge is 0.413 e. The molecule has 1 atom stereocenters. The van der Waals surface area contributed by atoms with Crippen LogP contribution < -0.4 is 5.32 Å². The molecule has 0 aliphatic heterocycles. The van der Waals surface area contributed by atoms with Crippen molar-refractivity contribution >= 4 is 61.6 Å². The number of nitrogens with one attached hydrogen (secondary N) is 1. The molecule has 0 saturated heterocycles. The van der Waals surface area contributed by atoms with Crippen molar-refractivity contribution in [3.8, 4) is 20.9 Å². The van der Waals surface area contributed by atoms with Crippen LogP contribution in [-0.4, -0.2) is 26.9 Å². The Labute approximate surface area is 241 Å². The van der Waals surface area contributed by atoms with Crippen LogP contribution in [-0.2, 0) is 22.0 Å². The number of ether oxygens (including phenoxy) is 1. The Morgan fingerprint density at radius 1 is 1.10 bits per heavy atom. The fraction of sp³-hybridized carbons (Fsp3) is 0.207. The number of anilines is 1. The molecule has 1 aliphatic rings. The van der Waals surface area contributed by atoms with Gasteiger partial charge in [-0.1, -0.05) is 41.9 Å². The van der Waals surface area contributed by atoms with Crippen molar-refractivity contribution in [3.05, 3.63) is 82.8 Å². The number of fused-ring (bicyclic) bond motifs is 1. The van der Waals surface area contributed by atoms with E-state index >= 15 is 4.39 Å². The van der Waals surface area contributed by atoms with Gasteiger partial charge in [0.1, 0.15) is 17.7 Å². The number of amides is 1. The SMILES string of the molecule is CC(OC(=O)Nc1c(-c2cc3sc(-c4cc(Cl)c(C5(C(=O)O)CC5)cc4F)cc3s2)cnn1C)c1ccccc1. The number of rotatable bonds is 7. The molecule has 1 aliphatic carbocycles. The number of halogens is 2. The number of aromatic nitrogens is 2. The van der Waals surface area contributed by atoms with Crippen LogP contribution in [0.15, 0.2) is 60.8 Å². The van der Waals surface area contributed by atoms with Crippen molar-refractivity contribution in [2.24, 2.45) is 7.05 Å². The zero-order valence-corrected chi connectivity index (χ0v) is 23.8. The number of carbonyl (C=O) groups excluding carboxylic acids is 1. The van der Waals surface area contributed by atoms with Gasteiger partial charge in [-0.05, 0) is 55.2 Å². The Hall–Kier alpha value is -3.73. The highest BCUT2D eigenvalue weighted by Gasteiger charge is 2.53. The molecule has 1 saturated carbocycles. The molecule has 0 spiro atoms. The number of carboxylic acids is 1. The second-order valence-corrected chi connectivity index (χ2v) is 12.3. The van der Waals surface area contributed by atoms with Crippen LogP contribution >= 0.6 is 34.3 Å². The Morgan fingerprint density at radius 3 is 2.38 bits per heavy atom. The number of benzene rings is 2. The van der Waals surface area contributed by atoms with Crippen LogP contribution in [0.1, 0.15) is 37.0 Å². The summed E-state index contributed by atoms with van der Waals surface area (Å²) in [5.41, 5.74) is 1.21. The third-order valence-corrected chi connectivity index (χ3v) is 9.85. The number of thiophene rings is 2. The maximum atomic E-state index is 15.2. The number of aryl methyl sites for hydroxylation is 1. The van der Waals surface area contributed by atoms with Crippen LogP contribution in [0.5, 0.6) is 0 Å². The molecule has 2 aromatic carbocycles. The minimum atomic E-state index is -1.08. The molecular weight excluding hydrogens is 573 g/mol. The van der Waals surface area contributed by atoms with E-state index in [1.165, 1.54) is 34.8 Å². The Morgan fingerprint density at radius 2 is 1.75 bits per heavy atom. The van der Waals surface area contributed by atoms with Gasteiger partial charge < -0.3 is 9.84 Å². The van der Waals surface area contributed by atoms with Gasteiger partial charge in [-0.3, -0.25) is 14.8 Å². The Balaban J connectivity index is 1.24. The molecular formula is C29H23ClFN3O4S2. The molecule has 3 aromatic heterocycles. The largest absolute Gasteiger partial charge is 0.481 e. The minimum Gasteiger partial charge on any atom is -0.481 e. The highest BCUT2D eigenvalue weighted by Crippen LogP contribution is 2.52. The summed E-state index contributed by atoms with van der Waals surface area (Å²) in [6.07, 6.45) is 1.57. The average Bonchev–Trinajstić information content (AvgIpc) is 3.34. The first-order valence-corrected chi connectivity index (χ1v) is 14.5. The molecule has 1 fully saturated rings. The summed E-state index contributed by atoms with van der Waals surface area (Å²) in [4.78, 5) is 26.0. The van der Waals surface area contributed by atoms with E-state index in [1.807, 2.05) is 49.4 Å². The molecule has 0 radical (unpaired) electrons. The maximum Gasteiger partial charge on any atom is 0.413 e. The summed E-state index contributed by atoms with van der Waals surface area (Å²) in [5, 5.41) is 17.0. The number of hydrogen-bond donors (Lipinski definition) is 2. The number of aliphatic carboxylic acids is 1. The fourth-order valence-electron chi connectivity index (χ4n) is 4.77. The summed E-state index contributed by atoms with van der Waals surface area (Å²) < 4.78 is 24.2. The van der Waals surface area contributed by atoms with Gasteiger partial charge in [0, 0.05) is 36.8 Å². The van der Waals surface area contributed by atoms with Gasteiger partial charge in [0.25, 0.3) is 0 Å². The van der Waals surface area contributed by atoms with E-state index in [2.05, 4.69) is 10.4 Å². The molecule has 1 amide bonds. The van der Waals surface area contributed by atoms with Crippen molar-refractivity contribution in [1.82, 2.24) is 9.78 Å². The lowest BCUT2D eigenvalue weighted by Gasteiger charge is -2.14. The third-order valence-electron chi connectivity index (χ3n) is 7.18. The summed E-state index contributed by atoms with van der Waals surface area (Å²) in [7, 11) is 1.74. The second kappa shape index (κ2) is 10.0. The van der Waals surface area contributed by atoms with Crippen LogP contribution in [0, 0.1) is 5.82 Å². The van der Waals surface area contributed by atoms with Gasteiger partial charge in [0.05, 0.1) is 17.2 Å². The Bertz CT molecular complexity index is 1740. The summed E-state index contributed by atoms with van der Waals surface area (Å²) in [5.74, 6) is -0.975. The average molecular weight is 596 g/mol. The molecule has 3 heterocycles. The number of nitrogens with zero attached hydrogens (tertiary/aromatic N) is 2. The molecule has 7 nitrogen and oxygen atoms in total. The summed E-state index contributed by atoms with van der Waals surface area (Å²) in [6, 6.07) is 16.1. The van der Waals surface area contributed by atoms with E-state index in [4.69, 9.17) is 16.3 Å². The van der Waals surface area contributed by atoms with Crippen LogP contribution in [0.2, 0.25) is 5.02 Å². The predicted molar refractivity (Wildman–Crippen MR) is 156 cm³/mol. The summed E-state index contributed by atoms with van der Waals surface area (Å²) in [6.45, 7) is 1.81. The third kappa shape index (κ3) is 4.66. The van der Waals surface area contributed by atoms with Gasteiger partial charge in [-0.15, -0.1) is 22.7 Å².